The summed E-state index contributed by atoms with van der Waals surface area (Å²) >= 11 is 0. The molecular weight excluding hydrogens is 369 g/mol. The predicted molar refractivity (Wildman–Crippen MR) is 128 cm³/mol. The van der Waals surface area contributed by atoms with Crippen LogP contribution in [0.2, 0.25) is 0 Å². The molecule has 0 spiro atoms. The molecule has 4 rings (SSSR count). The van der Waals surface area contributed by atoms with Crippen LogP contribution in [0.25, 0.3) is 0 Å². The molecule has 0 fully saturated rings. The summed E-state index contributed by atoms with van der Waals surface area (Å²) in [7, 11) is -0.623. The van der Waals surface area contributed by atoms with Gasteiger partial charge in [0.2, 0.25) is 0 Å². The van der Waals surface area contributed by atoms with E-state index in [1.54, 1.807) is 0 Å². The highest BCUT2D eigenvalue weighted by atomic mass is 31.1. The van der Waals surface area contributed by atoms with Gasteiger partial charge in [-0.1, -0.05) is 115 Å². The van der Waals surface area contributed by atoms with E-state index in [1.807, 2.05) is 0 Å². The fourth-order valence-electron chi connectivity index (χ4n) is 3.38. The third-order valence-corrected chi connectivity index (χ3v) is 7.33. The first-order valence-corrected chi connectivity index (χ1v) is 11.3. The first-order valence-electron chi connectivity index (χ1n) is 9.95. The van der Waals surface area contributed by atoms with Crippen LogP contribution in [-0.4, -0.2) is 12.8 Å². The van der Waals surface area contributed by atoms with Crippen molar-refractivity contribution < 1.29 is 0 Å². The molecule has 0 radical (unpaired) electrons. The van der Waals surface area contributed by atoms with Gasteiger partial charge in [0.25, 0.3) is 0 Å². The van der Waals surface area contributed by atoms with E-state index in [2.05, 4.69) is 121 Å². The minimum Gasteiger partial charge on any atom is -0.292 e. The van der Waals surface area contributed by atoms with Crippen LogP contribution in [-0.2, 0) is 6.42 Å². The van der Waals surface area contributed by atoms with Crippen molar-refractivity contribution >= 4 is 30.0 Å². The zero-order valence-corrected chi connectivity index (χ0v) is 17.3. The van der Waals surface area contributed by atoms with Gasteiger partial charge in [0.05, 0.1) is 0 Å². The molecule has 0 aromatic heterocycles. The monoisotopic (exact) mass is 393 g/mol. The summed E-state index contributed by atoms with van der Waals surface area (Å²) in [5.74, 6) is 0. The SMILES string of the molecule is C(=NCCc1ccccc1)c1ccccc1P(c1ccccc1)c1ccccc1. The molecule has 0 aliphatic rings. The molecular formula is C27H24NP. The Bertz CT molecular complexity index is 1000. The van der Waals surface area contributed by atoms with Crippen LogP contribution in [0, 0.1) is 0 Å². The van der Waals surface area contributed by atoms with E-state index < -0.39 is 7.92 Å². The molecule has 0 amide bonds. The maximum atomic E-state index is 4.75. The third-order valence-electron chi connectivity index (χ3n) is 4.81. The zero-order chi connectivity index (χ0) is 19.7. The maximum Gasteiger partial charge on any atom is 0.0429 e. The second kappa shape index (κ2) is 9.96. The summed E-state index contributed by atoms with van der Waals surface area (Å²) in [6.45, 7) is 0.799. The van der Waals surface area contributed by atoms with Crippen molar-refractivity contribution in [3.8, 4) is 0 Å². The smallest absolute Gasteiger partial charge is 0.0429 e. The average Bonchev–Trinajstić information content (AvgIpc) is 2.80. The van der Waals surface area contributed by atoms with Crippen LogP contribution in [0.4, 0.5) is 0 Å². The lowest BCUT2D eigenvalue weighted by Crippen LogP contribution is -2.23. The number of hydrogen-bond acceptors (Lipinski definition) is 1. The highest BCUT2D eigenvalue weighted by Crippen LogP contribution is 2.33. The van der Waals surface area contributed by atoms with Gasteiger partial charge < -0.3 is 0 Å². The second-order valence-corrected chi connectivity index (χ2v) is 9.02. The molecule has 4 aromatic carbocycles. The molecule has 29 heavy (non-hydrogen) atoms. The van der Waals surface area contributed by atoms with Crippen molar-refractivity contribution in [3.05, 3.63) is 126 Å². The molecule has 142 valence electrons. The van der Waals surface area contributed by atoms with Crippen molar-refractivity contribution in [1.82, 2.24) is 0 Å². The van der Waals surface area contributed by atoms with Gasteiger partial charge in [-0.05, 0) is 35.8 Å². The second-order valence-electron chi connectivity index (χ2n) is 6.84. The van der Waals surface area contributed by atoms with Gasteiger partial charge in [-0.25, -0.2) is 0 Å². The van der Waals surface area contributed by atoms with Crippen LogP contribution in [0.5, 0.6) is 0 Å². The van der Waals surface area contributed by atoms with E-state index in [9.17, 15) is 0 Å². The van der Waals surface area contributed by atoms with E-state index in [0.29, 0.717) is 0 Å². The third kappa shape index (κ3) is 5.08. The van der Waals surface area contributed by atoms with E-state index >= 15 is 0 Å². The lowest BCUT2D eigenvalue weighted by atomic mass is 10.1. The van der Waals surface area contributed by atoms with E-state index in [1.165, 1.54) is 27.0 Å². The van der Waals surface area contributed by atoms with Crippen LogP contribution in [0.1, 0.15) is 11.1 Å². The molecule has 0 bridgehead atoms. The molecule has 0 N–H and O–H groups in total. The molecule has 4 aromatic rings. The van der Waals surface area contributed by atoms with Gasteiger partial charge in [0.1, 0.15) is 0 Å². The summed E-state index contributed by atoms with van der Waals surface area (Å²) < 4.78 is 0. The van der Waals surface area contributed by atoms with Gasteiger partial charge in [-0.2, -0.15) is 0 Å². The lowest BCUT2D eigenvalue weighted by molar-refractivity contribution is 0.974. The summed E-state index contributed by atoms with van der Waals surface area (Å²) in [4.78, 5) is 4.75. The molecule has 0 unspecified atom stereocenters. The number of hydrogen-bond donors (Lipinski definition) is 0. The summed E-state index contributed by atoms with van der Waals surface area (Å²) in [5.41, 5.74) is 2.54. The Morgan fingerprint density at radius 1 is 0.586 bits per heavy atom. The van der Waals surface area contributed by atoms with E-state index in [0.717, 1.165) is 13.0 Å². The topological polar surface area (TPSA) is 12.4 Å². The highest BCUT2D eigenvalue weighted by molar-refractivity contribution is 7.80. The Hall–Kier alpha value is -3.02. The van der Waals surface area contributed by atoms with Crippen molar-refractivity contribution in [2.24, 2.45) is 4.99 Å². The molecule has 2 heteroatoms. The standard InChI is InChI=1S/C27H24NP/c1-4-12-23(13-5-1)20-21-28-22-24-14-10-11-19-27(24)29(25-15-6-2-7-16-25)26-17-8-3-9-18-26/h1-19,22H,20-21H2. The average molecular weight is 393 g/mol. The Morgan fingerprint density at radius 3 is 1.72 bits per heavy atom. The van der Waals surface area contributed by atoms with Crippen molar-refractivity contribution in [3.63, 3.8) is 0 Å². The number of benzene rings is 4. The number of nitrogens with zero attached hydrogens (tertiary/aromatic N) is 1. The minimum atomic E-state index is -0.623. The Labute approximate surface area is 174 Å². The quantitative estimate of drug-likeness (QED) is 0.306. The highest BCUT2D eigenvalue weighted by Gasteiger charge is 2.18. The predicted octanol–water partition coefficient (Wildman–Crippen LogP) is 5.11. The molecule has 0 atom stereocenters. The first kappa shape index (κ1) is 19.3. The minimum absolute atomic E-state index is 0.623. The Balaban J connectivity index is 1.63. The molecule has 0 saturated carbocycles. The van der Waals surface area contributed by atoms with Gasteiger partial charge in [-0.3, -0.25) is 4.99 Å². The van der Waals surface area contributed by atoms with E-state index in [4.69, 9.17) is 4.99 Å². The van der Waals surface area contributed by atoms with Gasteiger partial charge in [-0.15, -0.1) is 0 Å². The van der Waals surface area contributed by atoms with Crippen LogP contribution in [0.3, 0.4) is 0 Å². The molecule has 0 aliphatic carbocycles. The van der Waals surface area contributed by atoms with Crippen LogP contribution >= 0.6 is 7.92 Å². The molecule has 0 heterocycles. The summed E-state index contributed by atoms with van der Waals surface area (Å²) in [6, 6.07) is 40.9. The summed E-state index contributed by atoms with van der Waals surface area (Å²) in [5, 5.41) is 4.07. The summed E-state index contributed by atoms with van der Waals surface area (Å²) in [6.07, 6.45) is 3.02. The number of aliphatic imine (C=N–C) groups is 1. The van der Waals surface area contributed by atoms with Crippen molar-refractivity contribution in [2.75, 3.05) is 6.54 Å². The van der Waals surface area contributed by atoms with Crippen LogP contribution in [0.15, 0.2) is 120 Å². The lowest BCUT2D eigenvalue weighted by Gasteiger charge is -2.21. The van der Waals surface area contributed by atoms with Crippen molar-refractivity contribution in [1.29, 1.82) is 0 Å². The fraction of sp³-hybridized carbons (Fsp3) is 0.0741. The molecule has 1 nitrogen and oxygen atoms in total. The first-order chi connectivity index (χ1) is 14.4. The Morgan fingerprint density at radius 2 is 1.10 bits per heavy atom. The van der Waals surface area contributed by atoms with E-state index in [-0.39, 0.29) is 0 Å². The molecule has 0 aliphatic heterocycles. The zero-order valence-electron chi connectivity index (χ0n) is 16.4. The van der Waals surface area contributed by atoms with Crippen molar-refractivity contribution in [2.45, 2.75) is 6.42 Å². The van der Waals surface area contributed by atoms with Gasteiger partial charge in [0, 0.05) is 18.3 Å². The fourth-order valence-corrected chi connectivity index (χ4v) is 5.80. The van der Waals surface area contributed by atoms with Gasteiger partial charge in [0.15, 0.2) is 0 Å². The maximum absolute atomic E-state index is 4.75. The van der Waals surface area contributed by atoms with Gasteiger partial charge >= 0.3 is 0 Å². The number of rotatable bonds is 7. The Kier molecular flexibility index (Phi) is 6.63. The van der Waals surface area contributed by atoms with Crippen LogP contribution < -0.4 is 15.9 Å². The normalized spacial score (nSPS) is 11.2. The largest absolute Gasteiger partial charge is 0.292 e. The molecule has 0 saturated heterocycles.